The first kappa shape index (κ1) is 14.9. The van der Waals surface area contributed by atoms with Crippen LogP contribution in [0.3, 0.4) is 0 Å². The van der Waals surface area contributed by atoms with E-state index in [1.54, 1.807) is 7.05 Å². The molecule has 2 unspecified atom stereocenters. The molecule has 4 nitrogen and oxygen atoms in total. The van der Waals surface area contributed by atoms with Gasteiger partial charge in [0.15, 0.2) is 0 Å². The largest absolute Gasteiger partial charge is 0.491 e. The Morgan fingerprint density at radius 3 is 2.85 bits per heavy atom. The number of likely N-dealkylation sites (N-methyl/N-ethyl adjacent to an activating group) is 1. The zero-order valence-electron chi connectivity index (χ0n) is 12.5. The number of hydrogen-bond acceptors (Lipinski definition) is 3. The van der Waals surface area contributed by atoms with E-state index in [9.17, 15) is 4.79 Å². The molecule has 0 aliphatic carbocycles. The lowest BCUT2D eigenvalue weighted by atomic mass is 9.85. The van der Waals surface area contributed by atoms with Gasteiger partial charge in [-0.15, -0.1) is 0 Å². The van der Waals surface area contributed by atoms with Crippen molar-refractivity contribution >= 4 is 5.91 Å². The smallest absolute Gasteiger partial charge is 0.236 e. The van der Waals surface area contributed by atoms with Gasteiger partial charge in [-0.1, -0.05) is 18.2 Å². The third-order valence-corrected chi connectivity index (χ3v) is 3.69. The fourth-order valence-electron chi connectivity index (χ4n) is 2.75. The Bertz CT molecular complexity index is 460. The molecule has 1 aliphatic rings. The number of benzene rings is 1. The van der Waals surface area contributed by atoms with Crippen LogP contribution in [-0.2, 0) is 4.79 Å². The van der Waals surface area contributed by atoms with Crippen molar-refractivity contribution in [2.24, 2.45) is 0 Å². The van der Waals surface area contributed by atoms with E-state index in [1.165, 1.54) is 5.56 Å². The minimum atomic E-state index is -0.106. The summed E-state index contributed by atoms with van der Waals surface area (Å²) in [4.78, 5) is 11.8. The Balaban J connectivity index is 2.16. The molecule has 110 valence electrons. The van der Waals surface area contributed by atoms with E-state index in [-0.39, 0.29) is 18.1 Å². The lowest BCUT2D eigenvalue weighted by Crippen LogP contribution is -2.47. The SMILES string of the molecule is CNC(=O)C1CC(c2ccccc2OC(C)C)CCN1. The second-order valence-electron chi connectivity index (χ2n) is 5.55. The molecule has 4 heteroatoms. The number of nitrogens with one attached hydrogen (secondary N) is 2. The van der Waals surface area contributed by atoms with Gasteiger partial charge in [0.2, 0.25) is 5.91 Å². The summed E-state index contributed by atoms with van der Waals surface area (Å²) in [5.74, 6) is 1.38. The van der Waals surface area contributed by atoms with Gasteiger partial charge < -0.3 is 15.4 Å². The number of piperidine rings is 1. The lowest BCUT2D eigenvalue weighted by Gasteiger charge is -2.30. The number of para-hydroxylation sites is 1. The normalized spacial score (nSPS) is 22.6. The molecule has 2 rings (SSSR count). The highest BCUT2D eigenvalue weighted by molar-refractivity contribution is 5.81. The van der Waals surface area contributed by atoms with Crippen LogP contribution >= 0.6 is 0 Å². The molecule has 0 spiro atoms. The van der Waals surface area contributed by atoms with Crippen LogP contribution in [0.1, 0.15) is 38.2 Å². The first-order valence-corrected chi connectivity index (χ1v) is 7.32. The second kappa shape index (κ2) is 6.75. The van der Waals surface area contributed by atoms with E-state index in [0.29, 0.717) is 5.92 Å². The summed E-state index contributed by atoms with van der Waals surface area (Å²) < 4.78 is 5.90. The molecule has 0 radical (unpaired) electrons. The molecule has 1 saturated heterocycles. The summed E-state index contributed by atoms with van der Waals surface area (Å²) in [7, 11) is 1.68. The number of hydrogen-bond donors (Lipinski definition) is 2. The Kier molecular flexibility index (Phi) is 5.01. The highest BCUT2D eigenvalue weighted by atomic mass is 16.5. The summed E-state index contributed by atoms with van der Waals surface area (Å²) >= 11 is 0. The van der Waals surface area contributed by atoms with Gasteiger partial charge in [0.05, 0.1) is 12.1 Å². The number of amides is 1. The van der Waals surface area contributed by atoms with Crippen molar-refractivity contribution in [3.8, 4) is 5.75 Å². The van der Waals surface area contributed by atoms with Crippen LogP contribution in [0.5, 0.6) is 5.75 Å². The van der Waals surface area contributed by atoms with Crippen LogP contribution < -0.4 is 15.4 Å². The molecular weight excluding hydrogens is 252 g/mol. The van der Waals surface area contributed by atoms with Crippen LogP contribution in [0.25, 0.3) is 0 Å². The molecule has 2 atom stereocenters. The quantitative estimate of drug-likeness (QED) is 0.885. The van der Waals surface area contributed by atoms with E-state index >= 15 is 0 Å². The minimum absolute atomic E-state index is 0.0666. The summed E-state index contributed by atoms with van der Waals surface area (Å²) in [6.45, 7) is 4.93. The molecule has 2 N–H and O–H groups in total. The van der Waals surface area contributed by atoms with Gasteiger partial charge >= 0.3 is 0 Å². The van der Waals surface area contributed by atoms with E-state index in [4.69, 9.17) is 4.74 Å². The molecule has 0 bridgehead atoms. The van der Waals surface area contributed by atoms with Crippen LogP contribution in [0.15, 0.2) is 24.3 Å². The van der Waals surface area contributed by atoms with Gasteiger partial charge in [0.1, 0.15) is 5.75 Å². The van der Waals surface area contributed by atoms with Crippen molar-refractivity contribution in [2.45, 2.75) is 44.8 Å². The topological polar surface area (TPSA) is 50.4 Å². The Hall–Kier alpha value is -1.55. The standard InChI is InChI=1S/C16H24N2O2/c1-11(2)20-15-7-5-4-6-13(15)12-8-9-18-14(10-12)16(19)17-3/h4-7,11-12,14,18H,8-10H2,1-3H3,(H,17,19). The number of carbonyl (C=O) groups excluding carboxylic acids is 1. The van der Waals surface area contributed by atoms with Crippen LogP contribution in [0.2, 0.25) is 0 Å². The summed E-state index contributed by atoms with van der Waals surface area (Å²) in [6.07, 6.45) is 2.01. The maximum Gasteiger partial charge on any atom is 0.236 e. The molecule has 0 aromatic heterocycles. The second-order valence-corrected chi connectivity index (χ2v) is 5.55. The first-order valence-electron chi connectivity index (χ1n) is 7.32. The van der Waals surface area contributed by atoms with E-state index in [0.717, 1.165) is 25.1 Å². The maximum atomic E-state index is 11.8. The number of ether oxygens (including phenoxy) is 1. The predicted molar refractivity (Wildman–Crippen MR) is 80.0 cm³/mol. The van der Waals surface area contributed by atoms with Crippen molar-refractivity contribution < 1.29 is 9.53 Å². The van der Waals surface area contributed by atoms with Gasteiger partial charge in [0.25, 0.3) is 0 Å². The fraction of sp³-hybridized carbons (Fsp3) is 0.562. The zero-order chi connectivity index (χ0) is 14.5. The molecule has 1 aliphatic heterocycles. The molecule has 1 fully saturated rings. The Labute approximate surface area is 120 Å². The average molecular weight is 276 g/mol. The van der Waals surface area contributed by atoms with E-state index < -0.39 is 0 Å². The van der Waals surface area contributed by atoms with Crippen molar-refractivity contribution in [3.05, 3.63) is 29.8 Å². The van der Waals surface area contributed by atoms with Gasteiger partial charge in [-0.3, -0.25) is 4.79 Å². The molecule has 1 aromatic carbocycles. The van der Waals surface area contributed by atoms with Crippen LogP contribution in [0.4, 0.5) is 0 Å². The third kappa shape index (κ3) is 3.51. The fourth-order valence-corrected chi connectivity index (χ4v) is 2.75. The average Bonchev–Trinajstić information content (AvgIpc) is 2.46. The number of carbonyl (C=O) groups is 1. The summed E-state index contributed by atoms with van der Waals surface area (Å²) in [6, 6.07) is 8.07. The van der Waals surface area contributed by atoms with E-state index in [1.807, 2.05) is 32.0 Å². The molecular formula is C16H24N2O2. The minimum Gasteiger partial charge on any atom is -0.491 e. The molecule has 1 heterocycles. The highest BCUT2D eigenvalue weighted by Gasteiger charge is 2.28. The number of rotatable bonds is 4. The van der Waals surface area contributed by atoms with Gasteiger partial charge in [0, 0.05) is 7.05 Å². The monoisotopic (exact) mass is 276 g/mol. The molecule has 0 saturated carbocycles. The Morgan fingerprint density at radius 2 is 2.15 bits per heavy atom. The van der Waals surface area contributed by atoms with Gasteiger partial charge in [-0.2, -0.15) is 0 Å². The summed E-state index contributed by atoms with van der Waals surface area (Å²) in [5.41, 5.74) is 1.22. The molecule has 20 heavy (non-hydrogen) atoms. The molecule has 1 aromatic rings. The third-order valence-electron chi connectivity index (χ3n) is 3.69. The van der Waals surface area contributed by atoms with Crippen molar-refractivity contribution in [3.63, 3.8) is 0 Å². The zero-order valence-corrected chi connectivity index (χ0v) is 12.5. The first-order chi connectivity index (χ1) is 9.61. The van der Waals surface area contributed by atoms with Crippen molar-refractivity contribution in [1.82, 2.24) is 10.6 Å². The van der Waals surface area contributed by atoms with Crippen molar-refractivity contribution in [2.75, 3.05) is 13.6 Å². The van der Waals surface area contributed by atoms with Crippen molar-refractivity contribution in [1.29, 1.82) is 0 Å². The van der Waals surface area contributed by atoms with Crippen LogP contribution in [0, 0.1) is 0 Å². The van der Waals surface area contributed by atoms with Gasteiger partial charge in [-0.25, -0.2) is 0 Å². The van der Waals surface area contributed by atoms with E-state index in [2.05, 4.69) is 16.7 Å². The summed E-state index contributed by atoms with van der Waals surface area (Å²) in [5, 5.41) is 6.00. The lowest BCUT2D eigenvalue weighted by molar-refractivity contribution is -0.123. The predicted octanol–water partition coefficient (Wildman–Crippen LogP) is 2.06. The highest BCUT2D eigenvalue weighted by Crippen LogP contribution is 2.34. The Morgan fingerprint density at radius 1 is 1.40 bits per heavy atom. The van der Waals surface area contributed by atoms with Gasteiger partial charge in [-0.05, 0) is 50.8 Å². The van der Waals surface area contributed by atoms with Crippen LogP contribution in [-0.4, -0.2) is 31.6 Å². The molecule has 1 amide bonds. The maximum absolute atomic E-state index is 11.8.